The van der Waals surface area contributed by atoms with Crippen molar-refractivity contribution in [1.82, 2.24) is 0 Å². The van der Waals surface area contributed by atoms with Crippen LogP contribution in [0.5, 0.6) is 0 Å². The lowest BCUT2D eigenvalue weighted by atomic mass is 9.79. The predicted molar refractivity (Wildman–Crippen MR) is 245 cm³/mol. The summed E-state index contributed by atoms with van der Waals surface area (Å²) < 4.78 is 5.94. The number of allylic oxidation sites excluding steroid dienone is 16. The van der Waals surface area contributed by atoms with Gasteiger partial charge < -0.3 is 9.84 Å². The topological polar surface area (TPSA) is 29.5 Å². The molecule has 2 aliphatic carbocycles. The van der Waals surface area contributed by atoms with E-state index in [9.17, 15) is 0 Å². The number of aliphatic hydroxyl groups excluding tert-OH is 1. The molecule has 0 unspecified atom stereocenters. The zero-order valence-electron chi connectivity index (χ0n) is 37.8. The van der Waals surface area contributed by atoms with Crippen LogP contribution in [0, 0.1) is 10.8 Å². The van der Waals surface area contributed by atoms with Gasteiger partial charge in [-0.1, -0.05) is 190 Å². The number of aliphatic hydroxyl groups is 1. The van der Waals surface area contributed by atoms with Crippen LogP contribution in [0.15, 0.2) is 137 Å². The molecule has 1 N–H and O–H groups in total. The van der Waals surface area contributed by atoms with E-state index in [-0.39, 0.29) is 10.8 Å². The lowest BCUT2D eigenvalue weighted by Crippen LogP contribution is -2.12. The van der Waals surface area contributed by atoms with E-state index in [1.54, 1.807) is 17.2 Å². The van der Waals surface area contributed by atoms with Gasteiger partial charge in [-0.3, -0.25) is 0 Å². The minimum Gasteiger partial charge on any atom is -0.400 e. The molecule has 0 bridgehead atoms. The Bertz CT molecular complexity index is 1390. The second kappa shape index (κ2) is 31.1. The van der Waals surface area contributed by atoms with Crippen molar-refractivity contribution >= 4 is 0 Å². The lowest BCUT2D eigenvalue weighted by molar-refractivity contribution is 0.117. The molecule has 1 aromatic rings. The molecule has 0 fully saturated rings. The fraction of sp³-hybridized carbons (Fsp3) is 0.538. The molecule has 0 heterocycles. The lowest BCUT2D eigenvalue weighted by Gasteiger charge is -2.26. The minimum atomic E-state index is 0.126. The second-order valence-corrected chi connectivity index (χ2v) is 15.7. The van der Waals surface area contributed by atoms with E-state index in [4.69, 9.17) is 9.84 Å². The van der Waals surface area contributed by atoms with Crippen LogP contribution in [0.1, 0.15) is 160 Å². The average molecular weight is 741 g/mol. The third-order valence-corrected chi connectivity index (χ3v) is 9.11. The summed E-state index contributed by atoms with van der Waals surface area (Å²) >= 11 is 0. The molecular formula is C52H84O2. The minimum absolute atomic E-state index is 0.126. The summed E-state index contributed by atoms with van der Waals surface area (Å²) in [6.07, 6.45) is 29.4. The van der Waals surface area contributed by atoms with E-state index in [0.29, 0.717) is 6.61 Å². The maximum absolute atomic E-state index is 7.00. The summed E-state index contributed by atoms with van der Waals surface area (Å²) in [6, 6.07) is 10.5. The summed E-state index contributed by atoms with van der Waals surface area (Å²) in [4.78, 5) is 0. The van der Waals surface area contributed by atoms with Gasteiger partial charge in [0, 0.05) is 13.7 Å². The maximum atomic E-state index is 7.00. The molecule has 2 nitrogen and oxygen atoms in total. The Morgan fingerprint density at radius 3 is 1.98 bits per heavy atom. The van der Waals surface area contributed by atoms with Crippen LogP contribution in [-0.2, 0) is 11.3 Å². The highest BCUT2D eigenvalue weighted by molar-refractivity contribution is 5.48. The monoisotopic (exact) mass is 741 g/mol. The number of hydrogen-bond acceptors (Lipinski definition) is 2. The van der Waals surface area contributed by atoms with Gasteiger partial charge in [0.05, 0.1) is 6.61 Å². The van der Waals surface area contributed by atoms with Crippen LogP contribution >= 0.6 is 0 Å². The van der Waals surface area contributed by atoms with Crippen molar-refractivity contribution < 1.29 is 9.84 Å². The van der Waals surface area contributed by atoms with Crippen molar-refractivity contribution in [3.8, 4) is 0 Å². The van der Waals surface area contributed by atoms with Crippen molar-refractivity contribution in [1.29, 1.82) is 0 Å². The quantitative estimate of drug-likeness (QED) is 0.110. The molecule has 3 rings (SSSR count). The van der Waals surface area contributed by atoms with Gasteiger partial charge in [0.25, 0.3) is 0 Å². The zero-order valence-corrected chi connectivity index (χ0v) is 37.8. The van der Waals surface area contributed by atoms with Crippen LogP contribution in [0.25, 0.3) is 0 Å². The summed E-state index contributed by atoms with van der Waals surface area (Å²) in [5.74, 6) is 0. The Kier molecular flexibility index (Phi) is 30.4. The van der Waals surface area contributed by atoms with E-state index in [2.05, 4.69) is 136 Å². The number of hydrogen-bond donors (Lipinski definition) is 1. The van der Waals surface area contributed by atoms with Gasteiger partial charge in [-0.25, -0.2) is 0 Å². The van der Waals surface area contributed by atoms with Gasteiger partial charge >= 0.3 is 0 Å². The SMILES string of the molecule is C=C/C=C(/C)CC=C.CC.CC.CCCCC1=CC(C(C)(C)C)=CCC(CC2=C(C)C(C(C)(C)C)=CC(CCCCOCc3ccccc3)=CC2)=C1.CO. The first-order valence-corrected chi connectivity index (χ1v) is 20.9. The molecule has 0 aliphatic heterocycles. The zero-order chi connectivity index (χ0) is 41.6. The largest absolute Gasteiger partial charge is 0.400 e. The average Bonchev–Trinajstić information content (AvgIpc) is 3.46. The van der Waals surface area contributed by atoms with Crippen LogP contribution in [0.3, 0.4) is 0 Å². The number of ether oxygens (including phenoxy) is 1. The van der Waals surface area contributed by atoms with E-state index < -0.39 is 0 Å². The summed E-state index contributed by atoms with van der Waals surface area (Å²) in [5, 5.41) is 7.00. The Labute approximate surface area is 336 Å². The molecule has 0 radical (unpaired) electrons. The molecule has 0 saturated carbocycles. The van der Waals surface area contributed by atoms with Gasteiger partial charge in [-0.2, -0.15) is 0 Å². The smallest absolute Gasteiger partial charge is 0.0716 e. The van der Waals surface area contributed by atoms with Gasteiger partial charge in [0.1, 0.15) is 0 Å². The molecule has 0 saturated heterocycles. The van der Waals surface area contributed by atoms with Gasteiger partial charge in [0.2, 0.25) is 0 Å². The standard InChI is InChI=1S/C39H56O.C8H12.2C2H6.CH4O/c1-9-10-16-33-25-34(21-23-36(27-33)38(3,4)5)26-35-22-20-31(28-37(30(35)2)39(6,7)8)17-14-15-24-40-29-32-18-12-11-13-19-32;1-4-6-8(3)7-5-2;3*1-2/h11-13,18-20,23,25,27-28H,9-10,14-17,21-22,24,26,29H2,1-8H3;4-6H,1-2,7H2,3H3;2*1-2H3;2H,1H3/b;8-6-;;;. The second-order valence-electron chi connectivity index (χ2n) is 15.7. The molecule has 1 aromatic carbocycles. The van der Waals surface area contributed by atoms with E-state index in [1.165, 1.54) is 64.7 Å². The predicted octanol–water partition coefficient (Wildman–Crippen LogP) is 16.2. The van der Waals surface area contributed by atoms with Crippen molar-refractivity contribution in [3.63, 3.8) is 0 Å². The first kappa shape index (κ1) is 52.9. The Morgan fingerprint density at radius 2 is 1.43 bits per heavy atom. The molecule has 0 amide bonds. The van der Waals surface area contributed by atoms with Crippen molar-refractivity contribution in [2.45, 2.75) is 161 Å². The Morgan fingerprint density at radius 1 is 0.796 bits per heavy atom. The molecular weight excluding hydrogens is 657 g/mol. The first-order chi connectivity index (χ1) is 25.8. The molecule has 304 valence electrons. The fourth-order valence-corrected chi connectivity index (χ4v) is 6.21. The fourth-order valence-electron chi connectivity index (χ4n) is 6.21. The van der Waals surface area contributed by atoms with E-state index in [1.807, 2.05) is 39.8 Å². The highest BCUT2D eigenvalue weighted by atomic mass is 16.5. The normalized spacial score (nSPS) is 14.5. The third-order valence-electron chi connectivity index (χ3n) is 9.11. The van der Waals surface area contributed by atoms with Crippen molar-refractivity contribution in [2.24, 2.45) is 10.8 Å². The molecule has 0 aromatic heterocycles. The number of benzene rings is 1. The summed E-state index contributed by atoms with van der Waals surface area (Å²) in [6.45, 7) is 37.6. The maximum Gasteiger partial charge on any atom is 0.0716 e. The molecule has 2 heteroatoms. The van der Waals surface area contributed by atoms with Gasteiger partial charge in [-0.05, 0) is 110 Å². The number of rotatable bonds is 15. The highest BCUT2D eigenvalue weighted by Gasteiger charge is 2.24. The van der Waals surface area contributed by atoms with Crippen molar-refractivity contribution in [2.75, 3.05) is 13.7 Å². The molecule has 0 spiro atoms. The van der Waals surface area contributed by atoms with E-state index >= 15 is 0 Å². The third kappa shape index (κ3) is 22.9. The summed E-state index contributed by atoms with van der Waals surface area (Å²) in [5.41, 5.74) is 13.5. The van der Waals surface area contributed by atoms with Crippen molar-refractivity contribution in [3.05, 3.63) is 142 Å². The van der Waals surface area contributed by atoms with E-state index in [0.717, 1.165) is 52.2 Å². The summed E-state index contributed by atoms with van der Waals surface area (Å²) in [7, 11) is 1.00. The highest BCUT2D eigenvalue weighted by Crippen LogP contribution is 2.40. The molecule has 0 atom stereocenters. The van der Waals surface area contributed by atoms with Crippen LogP contribution in [0.4, 0.5) is 0 Å². The number of unbranched alkanes of at least 4 members (excludes halogenated alkanes) is 2. The Hall–Kier alpha value is -3.20. The molecule has 2 aliphatic rings. The van der Waals surface area contributed by atoms with Crippen LogP contribution in [0.2, 0.25) is 0 Å². The van der Waals surface area contributed by atoms with Gasteiger partial charge in [-0.15, -0.1) is 6.58 Å². The van der Waals surface area contributed by atoms with Crippen LogP contribution in [-0.4, -0.2) is 18.8 Å². The van der Waals surface area contributed by atoms with Crippen LogP contribution < -0.4 is 0 Å². The Balaban J connectivity index is 0. The van der Waals surface area contributed by atoms with Gasteiger partial charge in [0.15, 0.2) is 0 Å². The first-order valence-electron chi connectivity index (χ1n) is 20.9. The molecule has 54 heavy (non-hydrogen) atoms.